The molecule has 1 unspecified atom stereocenters. The van der Waals surface area contributed by atoms with Crippen LogP contribution in [0, 0.1) is 13.8 Å². The number of aromatic nitrogens is 2. The highest BCUT2D eigenvalue weighted by Crippen LogP contribution is 2.27. The lowest BCUT2D eigenvalue weighted by molar-refractivity contribution is 0.415. The smallest absolute Gasteiger partial charge is 0.259 e. The number of thiophene rings is 1. The van der Waals surface area contributed by atoms with Crippen LogP contribution in [-0.2, 0) is 0 Å². The maximum absolute atomic E-state index is 12.3. The summed E-state index contributed by atoms with van der Waals surface area (Å²) in [6, 6.07) is 7.54. The van der Waals surface area contributed by atoms with Gasteiger partial charge in [0.2, 0.25) is 0 Å². The van der Waals surface area contributed by atoms with Gasteiger partial charge in [-0.2, -0.15) is 0 Å². The molecule has 0 aliphatic rings. The standard InChI is InChI=1S/C17H19N3O2S/c1-9-11(3)23-17-14(9)16(21)19-15(20-17)10(2)18-12-5-7-13(22-4)8-6-12/h5-8,10,18H,1-4H3,(H,19,20,21). The Kier molecular flexibility index (Phi) is 4.09. The van der Waals surface area contributed by atoms with Crippen molar-refractivity contribution in [2.75, 3.05) is 12.4 Å². The highest BCUT2D eigenvalue weighted by atomic mass is 32.1. The number of aromatic amines is 1. The van der Waals surface area contributed by atoms with Gasteiger partial charge in [-0.25, -0.2) is 4.98 Å². The third kappa shape index (κ3) is 2.94. The molecule has 0 fully saturated rings. The van der Waals surface area contributed by atoms with Crippen molar-refractivity contribution in [3.63, 3.8) is 0 Å². The Labute approximate surface area is 138 Å². The minimum absolute atomic E-state index is 0.0739. The van der Waals surface area contributed by atoms with Gasteiger partial charge in [0, 0.05) is 10.6 Å². The van der Waals surface area contributed by atoms with Gasteiger partial charge in [-0.15, -0.1) is 11.3 Å². The van der Waals surface area contributed by atoms with Crippen molar-refractivity contribution < 1.29 is 4.74 Å². The highest BCUT2D eigenvalue weighted by Gasteiger charge is 2.15. The molecule has 0 aliphatic carbocycles. The van der Waals surface area contributed by atoms with Crippen molar-refractivity contribution in [2.45, 2.75) is 26.8 Å². The van der Waals surface area contributed by atoms with E-state index in [0.29, 0.717) is 11.2 Å². The van der Waals surface area contributed by atoms with Crippen molar-refractivity contribution in [3.05, 3.63) is 50.9 Å². The number of hydrogen-bond acceptors (Lipinski definition) is 5. The number of fused-ring (bicyclic) bond motifs is 1. The van der Waals surface area contributed by atoms with E-state index in [2.05, 4.69) is 15.3 Å². The first-order chi connectivity index (χ1) is 11.0. The van der Waals surface area contributed by atoms with E-state index in [1.165, 1.54) is 0 Å². The second kappa shape index (κ2) is 6.04. The van der Waals surface area contributed by atoms with Crippen LogP contribution < -0.4 is 15.6 Å². The van der Waals surface area contributed by atoms with Crippen molar-refractivity contribution >= 4 is 27.2 Å². The van der Waals surface area contributed by atoms with Gasteiger partial charge in [0.05, 0.1) is 18.5 Å². The van der Waals surface area contributed by atoms with Gasteiger partial charge in [-0.1, -0.05) is 0 Å². The number of benzene rings is 1. The third-order valence-electron chi connectivity index (χ3n) is 3.94. The largest absolute Gasteiger partial charge is 0.497 e. The first-order valence-electron chi connectivity index (χ1n) is 7.40. The number of nitrogens with one attached hydrogen (secondary N) is 2. The molecule has 0 bridgehead atoms. The van der Waals surface area contributed by atoms with Gasteiger partial charge in [-0.3, -0.25) is 4.79 Å². The minimum atomic E-state index is -0.108. The van der Waals surface area contributed by atoms with Crippen LogP contribution >= 0.6 is 11.3 Å². The SMILES string of the molecule is COc1ccc(NC(C)c2nc3sc(C)c(C)c3c(=O)[nH]2)cc1. The van der Waals surface area contributed by atoms with Gasteiger partial charge in [0.25, 0.3) is 5.56 Å². The number of nitrogens with zero attached hydrogens (tertiary/aromatic N) is 1. The van der Waals surface area contributed by atoms with E-state index in [-0.39, 0.29) is 11.6 Å². The molecule has 23 heavy (non-hydrogen) atoms. The Morgan fingerprint density at radius 1 is 1.26 bits per heavy atom. The summed E-state index contributed by atoms with van der Waals surface area (Å²) >= 11 is 1.56. The van der Waals surface area contributed by atoms with Crippen LogP contribution in [0.1, 0.15) is 29.2 Å². The zero-order chi connectivity index (χ0) is 16.6. The van der Waals surface area contributed by atoms with Crippen LogP contribution in [-0.4, -0.2) is 17.1 Å². The molecule has 1 aromatic carbocycles. The van der Waals surface area contributed by atoms with Gasteiger partial charge in [-0.05, 0) is 50.6 Å². The molecule has 2 heterocycles. The molecule has 0 saturated carbocycles. The lowest BCUT2D eigenvalue weighted by Crippen LogP contribution is -2.17. The van der Waals surface area contributed by atoms with Crippen LogP contribution in [0.3, 0.4) is 0 Å². The number of hydrogen-bond donors (Lipinski definition) is 2. The van der Waals surface area contributed by atoms with Crippen molar-refractivity contribution in [1.29, 1.82) is 0 Å². The molecule has 0 spiro atoms. The highest BCUT2D eigenvalue weighted by molar-refractivity contribution is 7.18. The monoisotopic (exact) mass is 329 g/mol. The fourth-order valence-electron chi connectivity index (χ4n) is 2.48. The number of H-pyrrole nitrogens is 1. The Bertz CT molecular complexity index is 897. The van der Waals surface area contributed by atoms with Crippen LogP contribution in [0.25, 0.3) is 10.2 Å². The molecule has 3 aromatic rings. The van der Waals surface area contributed by atoms with Crippen LogP contribution in [0.5, 0.6) is 5.75 Å². The average Bonchev–Trinajstić information content (AvgIpc) is 2.83. The maximum Gasteiger partial charge on any atom is 0.259 e. The van der Waals surface area contributed by atoms with Crippen LogP contribution in [0.15, 0.2) is 29.1 Å². The Morgan fingerprint density at radius 2 is 1.96 bits per heavy atom. The van der Waals surface area contributed by atoms with Crippen LogP contribution in [0.4, 0.5) is 5.69 Å². The van der Waals surface area contributed by atoms with E-state index < -0.39 is 0 Å². The maximum atomic E-state index is 12.3. The fraction of sp³-hybridized carbons (Fsp3) is 0.294. The number of anilines is 1. The van der Waals surface area contributed by atoms with E-state index in [0.717, 1.165) is 26.7 Å². The van der Waals surface area contributed by atoms with E-state index in [1.807, 2.05) is 45.0 Å². The molecule has 0 radical (unpaired) electrons. The average molecular weight is 329 g/mol. The molecular weight excluding hydrogens is 310 g/mol. The van der Waals surface area contributed by atoms with E-state index in [9.17, 15) is 4.79 Å². The van der Waals surface area contributed by atoms with Gasteiger partial charge < -0.3 is 15.0 Å². The molecule has 2 N–H and O–H groups in total. The summed E-state index contributed by atoms with van der Waals surface area (Å²) in [5.74, 6) is 1.44. The molecule has 1 atom stereocenters. The third-order valence-corrected chi connectivity index (χ3v) is 5.04. The number of rotatable bonds is 4. The minimum Gasteiger partial charge on any atom is -0.497 e. The molecule has 120 valence electrons. The summed E-state index contributed by atoms with van der Waals surface area (Å²) in [5.41, 5.74) is 1.89. The lowest BCUT2D eigenvalue weighted by Gasteiger charge is -2.14. The molecule has 2 aromatic heterocycles. The quantitative estimate of drug-likeness (QED) is 0.764. The summed E-state index contributed by atoms with van der Waals surface area (Å²) in [7, 11) is 1.64. The van der Waals surface area contributed by atoms with Crippen LogP contribution in [0.2, 0.25) is 0 Å². The molecule has 0 aliphatic heterocycles. The number of methoxy groups -OCH3 is 1. The Morgan fingerprint density at radius 3 is 2.61 bits per heavy atom. The summed E-state index contributed by atoms with van der Waals surface area (Å²) in [5, 5.41) is 4.04. The predicted molar refractivity (Wildman–Crippen MR) is 94.7 cm³/mol. The molecular formula is C17H19N3O2S. The lowest BCUT2D eigenvalue weighted by atomic mass is 10.2. The van der Waals surface area contributed by atoms with Crippen molar-refractivity contribution in [3.8, 4) is 5.75 Å². The first kappa shape index (κ1) is 15.6. The summed E-state index contributed by atoms with van der Waals surface area (Å²) in [6.45, 7) is 5.95. The second-order valence-corrected chi connectivity index (χ2v) is 6.71. The van der Waals surface area contributed by atoms with E-state index in [4.69, 9.17) is 4.74 Å². The number of ether oxygens (including phenoxy) is 1. The van der Waals surface area contributed by atoms with Gasteiger partial charge in [0.1, 0.15) is 16.4 Å². The van der Waals surface area contributed by atoms with Crippen molar-refractivity contribution in [1.82, 2.24) is 9.97 Å². The molecule has 0 saturated heterocycles. The molecule has 0 amide bonds. The molecule has 5 nitrogen and oxygen atoms in total. The van der Waals surface area contributed by atoms with E-state index >= 15 is 0 Å². The molecule has 3 rings (SSSR count). The first-order valence-corrected chi connectivity index (χ1v) is 8.21. The van der Waals surface area contributed by atoms with Gasteiger partial charge >= 0.3 is 0 Å². The number of aryl methyl sites for hydroxylation is 2. The zero-order valence-corrected chi connectivity index (χ0v) is 14.4. The predicted octanol–water partition coefficient (Wildman–Crippen LogP) is 3.78. The zero-order valence-electron chi connectivity index (χ0n) is 13.6. The summed E-state index contributed by atoms with van der Waals surface area (Å²) in [6.07, 6.45) is 0. The second-order valence-electron chi connectivity index (χ2n) is 5.51. The fourth-order valence-corrected chi connectivity index (χ4v) is 3.52. The Hall–Kier alpha value is -2.34. The summed E-state index contributed by atoms with van der Waals surface area (Å²) < 4.78 is 5.15. The Balaban J connectivity index is 1.91. The molecule has 6 heteroatoms. The topological polar surface area (TPSA) is 67.0 Å². The summed E-state index contributed by atoms with van der Waals surface area (Å²) in [4.78, 5) is 21.8. The normalized spacial score (nSPS) is 12.3. The van der Waals surface area contributed by atoms with Gasteiger partial charge in [0.15, 0.2) is 0 Å². The van der Waals surface area contributed by atoms with Crippen molar-refractivity contribution in [2.24, 2.45) is 0 Å². The van der Waals surface area contributed by atoms with E-state index in [1.54, 1.807) is 18.4 Å².